The van der Waals surface area contributed by atoms with E-state index in [1.54, 1.807) is 0 Å². The highest BCUT2D eigenvalue weighted by Crippen LogP contribution is 2.37. The largest absolute Gasteiger partial charge is 0.494 e. The molecular weight excluding hydrogens is 341 g/mol. The van der Waals surface area contributed by atoms with Crippen molar-refractivity contribution in [1.29, 1.82) is 0 Å². The molecule has 5 nitrogen and oxygen atoms in total. The summed E-state index contributed by atoms with van der Waals surface area (Å²) in [5.74, 6) is 0. The number of hydrogen-bond acceptors (Lipinski definition) is 4. The maximum atomic E-state index is 12.2. The number of ether oxygens (including phenoxy) is 1. The molecule has 1 aromatic carbocycles. The van der Waals surface area contributed by atoms with E-state index in [0.29, 0.717) is 0 Å². The first kappa shape index (κ1) is 21.8. The second kappa shape index (κ2) is 6.82. The number of rotatable bonds is 2. The molecule has 1 N–H and O–H groups in total. The number of nitrogens with one attached hydrogen (secondary N) is 1. The lowest BCUT2D eigenvalue weighted by Crippen LogP contribution is -2.41. The fourth-order valence-electron chi connectivity index (χ4n) is 2.83. The summed E-state index contributed by atoms with van der Waals surface area (Å²) in [6.45, 7) is 20.0. The van der Waals surface area contributed by atoms with Gasteiger partial charge >= 0.3 is 13.2 Å². The van der Waals surface area contributed by atoms with Crippen LogP contribution in [-0.2, 0) is 19.5 Å². The monoisotopic (exact) mass is 375 g/mol. The van der Waals surface area contributed by atoms with Crippen LogP contribution in [0.25, 0.3) is 0 Å². The van der Waals surface area contributed by atoms with Crippen LogP contribution in [0.4, 0.5) is 10.5 Å². The minimum Gasteiger partial charge on any atom is -0.444 e. The number of carbonyl (C=O) groups excluding carboxylic acids is 1. The highest BCUT2D eigenvalue weighted by Gasteiger charge is 2.51. The van der Waals surface area contributed by atoms with Gasteiger partial charge in [0.25, 0.3) is 0 Å². The molecule has 1 aliphatic heterocycles. The number of amides is 1. The van der Waals surface area contributed by atoms with E-state index >= 15 is 0 Å². The molecule has 0 aromatic heterocycles. The molecule has 27 heavy (non-hydrogen) atoms. The molecule has 2 rings (SSSR count). The van der Waals surface area contributed by atoms with Crippen LogP contribution in [0.2, 0.25) is 0 Å². The maximum absolute atomic E-state index is 12.2. The lowest BCUT2D eigenvalue weighted by Gasteiger charge is -2.32. The average Bonchev–Trinajstić information content (AvgIpc) is 2.64. The predicted octanol–water partition coefficient (Wildman–Crippen LogP) is 4.63. The number of benzene rings is 1. The molecule has 0 spiro atoms. The fourth-order valence-corrected chi connectivity index (χ4v) is 2.83. The topological polar surface area (TPSA) is 56.8 Å². The van der Waals surface area contributed by atoms with Crippen LogP contribution in [0, 0.1) is 0 Å². The third kappa shape index (κ3) is 5.05. The van der Waals surface area contributed by atoms with Crippen LogP contribution in [0.1, 0.15) is 74.8 Å². The van der Waals surface area contributed by atoms with Crippen molar-refractivity contribution < 1.29 is 18.8 Å². The smallest absolute Gasteiger partial charge is 0.444 e. The van der Waals surface area contributed by atoms with E-state index in [1.165, 1.54) is 0 Å². The van der Waals surface area contributed by atoms with Crippen molar-refractivity contribution in [3.63, 3.8) is 0 Å². The van der Waals surface area contributed by atoms with Gasteiger partial charge in [0.05, 0.1) is 11.2 Å². The van der Waals surface area contributed by atoms with Gasteiger partial charge in [0.2, 0.25) is 0 Å². The van der Waals surface area contributed by atoms with Crippen LogP contribution >= 0.6 is 0 Å². The van der Waals surface area contributed by atoms with E-state index in [-0.39, 0.29) is 5.41 Å². The summed E-state index contributed by atoms with van der Waals surface area (Å²) >= 11 is 0. The van der Waals surface area contributed by atoms with E-state index in [1.807, 2.05) is 60.6 Å². The maximum Gasteiger partial charge on any atom is 0.494 e. The molecule has 1 fully saturated rings. The van der Waals surface area contributed by atoms with Gasteiger partial charge < -0.3 is 14.0 Å². The lowest BCUT2D eigenvalue weighted by molar-refractivity contribution is 0.00578. The Morgan fingerprint density at radius 1 is 1.00 bits per heavy atom. The van der Waals surface area contributed by atoms with Crippen molar-refractivity contribution in [1.82, 2.24) is 0 Å². The van der Waals surface area contributed by atoms with Gasteiger partial charge in [-0.1, -0.05) is 32.9 Å². The summed E-state index contributed by atoms with van der Waals surface area (Å²) < 4.78 is 17.7. The van der Waals surface area contributed by atoms with Gasteiger partial charge in [-0.25, -0.2) is 4.79 Å². The average molecular weight is 375 g/mol. The number of hydrogen-bond donors (Lipinski definition) is 1. The molecule has 0 saturated carbocycles. The number of carbonyl (C=O) groups is 1. The molecule has 0 aliphatic carbocycles. The minimum absolute atomic E-state index is 0.177. The van der Waals surface area contributed by atoms with E-state index < -0.39 is 30.0 Å². The molecule has 0 unspecified atom stereocenters. The van der Waals surface area contributed by atoms with Gasteiger partial charge in [0, 0.05) is 5.69 Å². The molecular formula is C21H34BNO4. The van der Waals surface area contributed by atoms with Crippen molar-refractivity contribution in [2.75, 3.05) is 5.32 Å². The molecule has 6 heteroatoms. The normalized spacial score (nSPS) is 19.1. The summed E-state index contributed by atoms with van der Waals surface area (Å²) in [5, 5.41) is 2.88. The van der Waals surface area contributed by atoms with E-state index in [0.717, 1.165) is 16.7 Å². The Morgan fingerprint density at radius 3 is 1.96 bits per heavy atom. The SMILES string of the molecule is CC(C)(C)OC(=O)Nc1ccc(B2OC(C)(C)C(C)(C)O2)cc1C(C)(C)C. The van der Waals surface area contributed by atoms with Crippen molar-refractivity contribution in [2.45, 2.75) is 91.5 Å². The fraction of sp³-hybridized carbons (Fsp3) is 0.667. The van der Waals surface area contributed by atoms with Crippen molar-refractivity contribution in [3.8, 4) is 0 Å². The Labute approximate surface area is 164 Å². The summed E-state index contributed by atoms with van der Waals surface area (Å²) in [4.78, 5) is 12.2. The minimum atomic E-state index is -0.547. The van der Waals surface area contributed by atoms with Gasteiger partial charge in [0.15, 0.2) is 0 Å². The van der Waals surface area contributed by atoms with Crippen molar-refractivity contribution in [3.05, 3.63) is 23.8 Å². The first-order valence-corrected chi connectivity index (χ1v) is 9.52. The van der Waals surface area contributed by atoms with Gasteiger partial charge in [-0.3, -0.25) is 5.32 Å². The van der Waals surface area contributed by atoms with Gasteiger partial charge in [-0.15, -0.1) is 0 Å². The third-order valence-corrected chi connectivity index (χ3v) is 5.01. The first-order valence-electron chi connectivity index (χ1n) is 9.52. The van der Waals surface area contributed by atoms with Crippen LogP contribution in [0.5, 0.6) is 0 Å². The molecule has 1 saturated heterocycles. The van der Waals surface area contributed by atoms with E-state index in [2.05, 4.69) is 32.2 Å². The van der Waals surface area contributed by atoms with E-state index in [9.17, 15) is 4.79 Å². The second-order valence-electron chi connectivity index (χ2n) is 10.3. The zero-order chi connectivity index (χ0) is 20.8. The standard InChI is InChI=1S/C21H34BNO4/c1-18(2,3)15-13-14(22-26-20(7,8)21(9,10)27-22)11-12-16(15)23-17(24)25-19(4,5)6/h11-13H,1-10H3,(H,23,24). The number of anilines is 1. The zero-order valence-electron chi connectivity index (χ0n) is 18.4. The Kier molecular flexibility index (Phi) is 5.50. The zero-order valence-corrected chi connectivity index (χ0v) is 18.4. The molecule has 0 atom stereocenters. The molecule has 1 amide bonds. The molecule has 0 bridgehead atoms. The predicted molar refractivity (Wildman–Crippen MR) is 111 cm³/mol. The molecule has 1 heterocycles. The van der Waals surface area contributed by atoms with Crippen molar-refractivity contribution >= 4 is 24.4 Å². The van der Waals surface area contributed by atoms with Crippen LogP contribution < -0.4 is 10.8 Å². The molecule has 1 aromatic rings. The van der Waals surface area contributed by atoms with Gasteiger partial charge in [-0.05, 0) is 71.0 Å². The molecule has 150 valence electrons. The summed E-state index contributed by atoms with van der Waals surface area (Å²) in [6.07, 6.45) is -0.462. The van der Waals surface area contributed by atoms with Crippen molar-refractivity contribution in [2.24, 2.45) is 0 Å². The summed E-state index contributed by atoms with van der Waals surface area (Å²) in [7, 11) is -0.438. The highest BCUT2D eigenvalue weighted by atomic mass is 16.7. The van der Waals surface area contributed by atoms with Crippen LogP contribution in [0.15, 0.2) is 18.2 Å². The highest BCUT2D eigenvalue weighted by molar-refractivity contribution is 6.62. The van der Waals surface area contributed by atoms with E-state index in [4.69, 9.17) is 14.0 Å². The Bertz CT molecular complexity index is 698. The van der Waals surface area contributed by atoms with Gasteiger partial charge in [-0.2, -0.15) is 0 Å². The lowest BCUT2D eigenvalue weighted by atomic mass is 9.75. The molecule has 0 radical (unpaired) electrons. The summed E-state index contributed by atoms with van der Waals surface area (Å²) in [5.41, 5.74) is 1.16. The van der Waals surface area contributed by atoms with Crippen LogP contribution in [0.3, 0.4) is 0 Å². The Hall–Kier alpha value is -1.53. The quantitative estimate of drug-likeness (QED) is 0.766. The molecule has 1 aliphatic rings. The Balaban J connectivity index is 2.33. The van der Waals surface area contributed by atoms with Crippen LogP contribution in [-0.4, -0.2) is 30.0 Å². The third-order valence-electron chi connectivity index (χ3n) is 5.01. The Morgan fingerprint density at radius 2 is 1.52 bits per heavy atom. The second-order valence-corrected chi connectivity index (χ2v) is 10.3. The first-order chi connectivity index (χ1) is 12.0. The van der Waals surface area contributed by atoms with Gasteiger partial charge in [0.1, 0.15) is 5.60 Å². The summed E-state index contributed by atoms with van der Waals surface area (Å²) in [6, 6.07) is 5.88.